The van der Waals surface area contributed by atoms with E-state index in [0.717, 1.165) is 12.8 Å². The standard InChI is InChI=1S/C18H25FN4O4.CHN/c1-5-7-13(11-25-3)23-10-14(18(24)27-6-2)17(22-23)20-12-8-15(19)21-16(9-12)26-4;1-2/h8-10,13H,5-7,11H2,1-4H3,(H,20,21,22);1H. The third-order valence-electron chi connectivity index (χ3n) is 3.82. The summed E-state index contributed by atoms with van der Waals surface area (Å²) in [6.07, 6.45) is 3.38. The maximum absolute atomic E-state index is 13.7. The van der Waals surface area contributed by atoms with Gasteiger partial charge in [-0.2, -0.15) is 14.5 Å². The molecule has 2 aromatic heterocycles. The lowest BCUT2D eigenvalue weighted by atomic mass is 10.2. The Morgan fingerprint density at radius 1 is 1.34 bits per heavy atom. The Morgan fingerprint density at radius 2 is 2.07 bits per heavy atom. The van der Waals surface area contributed by atoms with Gasteiger partial charge in [0.25, 0.3) is 0 Å². The number of carbonyl (C=O) groups is 1. The van der Waals surface area contributed by atoms with Crippen molar-refractivity contribution in [2.24, 2.45) is 0 Å². The van der Waals surface area contributed by atoms with Crippen LogP contribution in [0.3, 0.4) is 0 Å². The first kappa shape index (κ1) is 23.8. The molecule has 0 aromatic carbocycles. The minimum absolute atomic E-state index is 0.0348. The average Bonchev–Trinajstić information content (AvgIpc) is 3.12. The van der Waals surface area contributed by atoms with Crippen LogP contribution in [-0.4, -0.2) is 48.2 Å². The molecule has 1 N–H and O–H groups in total. The summed E-state index contributed by atoms with van der Waals surface area (Å²) in [5.74, 6) is -0.853. The fourth-order valence-corrected chi connectivity index (χ4v) is 2.63. The SMILES string of the molecule is C#N.CCCC(COC)n1cc(C(=O)OCC)c(Nc2cc(F)nc(OC)c2)n1. The maximum atomic E-state index is 13.7. The molecule has 0 saturated heterocycles. The molecular formula is C19H26FN5O4. The molecule has 0 fully saturated rings. The molecular weight excluding hydrogens is 381 g/mol. The van der Waals surface area contributed by atoms with Crippen LogP contribution in [0.5, 0.6) is 5.88 Å². The molecule has 0 aliphatic heterocycles. The van der Waals surface area contributed by atoms with Crippen LogP contribution in [0.25, 0.3) is 0 Å². The van der Waals surface area contributed by atoms with Crippen molar-refractivity contribution in [3.8, 4) is 12.5 Å². The average molecular weight is 407 g/mol. The van der Waals surface area contributed by atoms with E-state index in [0.29, 0.717) is 12.3 Å². The molecule has 2 rings (SSSR count). The van der Waals surface area contributed by atoms with Gasteiger partial charge in [-0.1, -0.05) is 13.3 Å². The van der Waals surface area contributed by atoms with Gasteiger partial charge in [-0.15, -0.1) is 0 Å². The number of nitrogens with one attached hydrogen (secondary N) is 1. The van der Waals surface area contributed by atoms with Gasteiger partial charge in [0.15, 0.2) is 5.82 Å². The summed E-state index contributed by atoms with van der Waals surface area (Å²) in [7, 11) is 3.01. The van der Waals surface area contributed by atoms with Crippen LogP contribution in [0.1, 0.15) is 43.1 Å². The van der Waals surface area contributed by atoms with Gasteiger partial charge >= 0.3 is 5.97 Å². The summed E-state index contributed by atoms with van der Waals surface area (Å²) in [5, 5.41) is 13.9. The van der Waals surface area contributed by atoms with Crippen molar-refractivity contribution in [2.45, 2.75) is 32.7 Å². The van der Waals surface area contributed by atoms with Crippen LogP contribution in [-0.2, 0) is 9.47 Å². The molecule has 10 heteroatoms. The summed E-state index contributed by atoms with van der Waals surface area (Å²) in [6.45, 7) is 7.97. The van der Waals surface area contributed by atoms with E-state index < -0.39 is 11.9 Å². The van der Waals surface area contributed by atoms with Crippen LogP contribution in [0.2, 0.25) is 0 Å². The molecule has 2 heterocycles. The van der Waals surface area contributed by atoms with Gasteiger partial charge in [0.2, 0.25) is 11.8 Å². The van der Waals surface area contributed by atoms with Gasteiger partial charge in [0.1, 0.15) is 5.56 Å². The monoisotopic (exact) mass is 407 g/mol. The fourth-order valence-electron chi connectivity index (χ4n) is 2.63. The van der Waals surface area contributed by atoms with E-state index in [4.69, 9.17) is 19.5 Å². The third-order valence-corrected chi connectivity index (χ3v) is 3.82. The number of rotatable bonds is 10. The Kier molecular flexibility index (Phi) is 10.1. The second-order valence-electron chi connectivity index (χ2n) is 5.84. The highest BCUT2D eigenvalue weighted by Gasteiger charge is 2.22. The van der Waals surface area contributed by atoms with E-state index in [2.05, 4.69) is 28.9 Å². The second kappa shape index (κ2) is 12.3. The van der Waals surface area contributed by atoms with Crippen LogP contribution in [0.15, 0.2) is 18.3 Å². The summed E-state index contributed by atoms with van der Waals surface area (Å²) < 4.78 is 30.7. The van der Waals surface area contributed by atoms with Crippen LogP contribution in [0.4, 0.5) is 15.9 Å². The quantitative estimate of drug-likeness (QED) is 0.471. The van der Waals surface area contributed by atoms with Crippen molar-refractivity contribution in [3.05, 3.63) is 29.8 Å². The number of carbonyl (C=O) groups excluding carboxylic acids is 1. The highest BCUT2D eigenvalue weighted by molar-refractivity contribution is 5.95. The maximum Gasteiger partial charge on any atom is 0.343 e. The zero-order valence-corrected chi connectivity index (χ0v) is 17.0. The third kappa shape index (κ3) is 6.73. The number of hydrogen-bond acceptors (Lipinski definition) is 8. The number of hydrogen-bond donors (Lipinski definition) is 1. The number of anilines is 2. The number of esters is 1. The molecule has 158 valence electrons. The summed E-state index contributed by atoms with van der Waals surface area (Å²) >= 11 is 0. The Morgan fingerprint density at radius 3 is 2.66 bits per heavy atom. The van der Waals surface area contributed by atoms with Crippen LogP contribution in [0, 0.1) is 17.8 Å². The molecule has 0 amide bonds. The zero-order chi connectivity index (χ0) is 21.8. The summed E-state index contributed by atoms with van der Waals surface area (Å²) in [5.41, 5.74) is 0.610. The zero-order valence-electron chi connectivity index (χ0n) is 17.0. The summed E-state index contributed by atoms with van der Waals surface area (Å²) in [6, 6.07) is 2.66. The minimum atomic E-state index is -0.711. The first-order valence-electron chi connectivity index (χ1n) is 9.01. The predicted molar refractivity (Wildman–Crippen MR) is 105 cm³/mol. The lowest BCUT2D eigenvalue weighted by Crippen LogP contribution is -2.15. The van der Waals surface area contributed by atoms with Crippen molar-refractivity contribution in [2.75, 3.05) is 32.8 Å². The summed E-state index contributed by atoms with van der Waals surface area (Å²) in [4.78, 5) is 15.9. The van der Waals surface area contributed by atoms with E-state index in [1.165, 1.54) is 19.2 Å². The van der Waals surface area contributed by atoms with Crippen molar-refractivity contribution < 1.29 is 23.4 Å². The molecule has 0 aliphatic carbocycles. The van der Waals surface area contributed by atoms with Crippen LogP contribution >= 0.6 is 0 Å². The number of pyridine rings is 1. The molecule has 0 bridgehead atoms. The highest BCUT2D eigenvalue weighted by atomic mass is 19.1. The number of nitrogens with zero attached hydrogens (tertiary/aromatic N) is 4. The molecule has 0 aliphatic rings. The normalized spacial score (nSPS) is 11.1. The second-order valence-corrected chi connectivity index (χ2v) is 5.84. The first-order chi connectivity index (χ1) is 14.0. The number of aromatic nitrogens is 3. The Bertz CT molecular complexity index is 803. The Balaban J connectivity index is 0.00000204. The molecule has 0 spiro atoms. The van der Waals surface area contributed by atoms with Crippen molar-refractivity contribution in [3.63, 3.8) is 0 Å². The molecule has 2 aromatic rings. The molecule has 0 radical (unpaired) electrons. The van der Waals surface area contributed by atoms with Gasteiger partial charge in [-0.25, -0.2) is 10.1 Å². The number of nitriles is 1. The Hall–Kier alpha value is -3.19. The topological polar surface area (TPSA) is 111 Å². The number of halogens is 1. The van der Waals surface area contributed by atoms with Gasteiger partial charge in [0, 0.05) is 37.7 Å². The fraction of sp³-hybridized carbons (Fsp3) is 0.474. The van der Waals surface area contributed by atoms with Crippen molar-refractivity contribution >= 4 is 17.5 Å². The van der Waals surface area contributed by atoms with E-state index in [-0.39, 0.29) is 29.9 Å². The van der Waals surface area contributed by atoms with Gasteiger partial charge in [-0.3, -0.25) is 4.68 Å². The molecule has 1 atom stereocenters. The minimum Gasteiger partial charge on any atom is -0.481 e. The number of ether oxygens (including phenoxy) is 3. The molecule has 0 saturated carbocycles. The van der Waals surface area contributed by atoms with Crippen molar-refractivity contribution in [1.82, 2.24) is 14.8 Å². The van der Waals surface area contributed by atoms with Gasteiger partial charge in [0.05, 0.1) is 26.4 Å². The largest absolute Gasteiger partial charge is 0.481 e. The Labute approximate surface area is 169 Å². The van der Waals surface area contributed by atoms with Crippen molar-refractivity contribution in [1.29, 1.82) is 5.26 Å². The van der Waals surface area contributed by atoms with E-state index in [1.807, 2.05) is 0 Å². The lowest BCUT2D eigenvalue weighted by molar-refractivity contribution is 0.0527. The highest BCUT2D eigenvalue weighted by Crippen LogP contribution is 2.25. The van der Waals surface area contributed by atoms with E-state index >= 15 is 0 Å². The smallest absolute Gasteiger partial charge is 0.343 e. The molecule has 1 unspecified atom stereocenters. The molecule has 29 heavy (non-hydrogen) atoms. The number of methoxy groups -OCH3 is 2. The van der Waals surface area contributed by atoms with Gasteiger partial charge in [-0.05, 0) is 13.3 Å². The van der Waals surface area contributed by atoms with E-state index in [9.17, 15) is 9.18 Å². The van der Waals surface area contributed by atoms with E-state index in [1.54, 1.807) is 24.9 Å². The van der Waals surface area contributed by atoms with Gasteiger partial charge < -0.3 is 19.5 Å². The first-order valence-corrected chi connectivity index (χ1v) is 9.01. The molecule has 9 nitrogen and oxygen atoms in total. The predicted octanol–water partition coefficient (Wildman–Crippen LogP) is 3.47. The van der Waals surface area contributed by atoms with Crippen LogP contribution < -0.4 is 10.1 Å². The lowest BCUT2D eigenvalue weighted by Gasteiger charge is -2.15.